The second-order valence-electron chi connectivity index (χ2n) is 9.72. The Balaban J connectivity index is 1.48. The molecule has 0 radical (unpaired) electrons. The first kappa shape index (κ1) is 24.3. The largest absolute Gasteiger partial charge is 0.379 e. The molecule has 0 atom stereocenters. The van der Waals surface area contributed by atoms with Crippen LogP contribution in [0.4, 0.5) is 5.69 Å². The Kier molecular flexibility index (Phi) is 7.14. The number of morpholine rings is 1. The summed E-state index contributed by atoms with van der Waals surface area (Å²) in [5.74, 6) is -0.154. The minimum absolute atomic E-state index is 0.0306. The van der Waals surface area contributed by atoms with Crippen LogP contribution in [0.3, 0.4) is 0 Å². The van der Waals surface area contributed by atoms with Gasteiger partial charge < -0.3 is 15.0 Å². The number of nitrogens with one attached hydrogen (secondary N) is 2. The number of benzene rings is 1. The molecule has 3 aliphatic rings. The van der Waals surface area contributed by atoms with Gasteiger partial charge >= 0.3 is 0 Å². The first-order valence-electron chi connectivity index (χ1n) is 12.9. The van der Waals surface area contributed by atoms with Crippen molar-refractivity contribution in [1.29, 1.82) is 0 Å². The summed E-state index contributed by atoms with van der Waals surface area (Å²) in [4.78, 5) is 19.3. The Bertz CT molecular complexity index is 1240. The van der Waals surface area contributed by atoms with Crippen LogP contribution in [0.15, 0.2) is 23.1 Å². The number of aryl methyl sites for hydroxylation is 1. The highest BCUT2D eigenvalue weighted by molar-refractivity contribution is 7.91. The van der Waals surface area contributed by atoms with Gasteiger partial charge in [-0.25, -0.2) is 8.42 Å². The van der Waals surface area contributed by atoms with Crippen LogP contribution in [0.1, 0.15) is 60.7 Å². The van der Waals surface area contributed by atoms with E-state index in [1.807, 2.05) is 6.08 Å². The third-order valence-corrected chi connectivity index (χ3v) is 9.23. The van der Waals surface area contributed by atoms with Crippen molar-refractivity contribution in [2.24, 2.45) is 0 Å². The van der Waals surface area contributed by atoms with E-state index in [0.717, 1.165) is 64.2 Å². The maximum atomic E-state index is 12.9. The fourth-order valence-electron chi connectivity index (χ4n) is 5.48. The highest BCUT2D eigenvalue weighted by atomic mass is 32.2. The van der Waals surface area contributed by atoms with Crippen molar-refractivity contribution in [3.63, 3.8) is 0 Å². The van der Waals surface area contributed by atoms with Gasteiger partial charge in [0.25, 0.3) is 5.91 Å². The number of nitrogens with zero attached hydrogens (tertiary/aromatic N) is 1. The van der Waals surface area contributed by atoms with Gasteiger partial charge in [-0.05, 0) is 80.5 Å². The Labute approximate surface area is 207 Å². The Morgan fingerprint density at radius 1 is 1.11 bits per heavy atom. The summed E-state index contributed by atoms with van der Waals surface area (Å²) in [7, 11) is -3.36. The molecule has 1 fully saturated rings. The van der Waals surface area contributed by atoms with Gasteiger partial charge in [-0.15, -0.1) is 0 Å². The number of rotatable bonds is 7. The first-order chi connectivity index (χ1) is 17.0. The first-order valence-corrected chi connectivity index (χ1v) is 14.5. The molecule has 1 aliphatic carbocycles. The number of fused-ring (bicyclic) bond motifs is 2. The van der Waals surface area contributed by atoms with Crippen molar-refractivity contribution < 1.29 is 17.9 Å². The normalized spacial score (nSPS) is 19.9. The van der Waals surface area contributed by atoms with Gasteiger partial charge in [0, 0.05) is 35.7 Å². The fraction of sp³-hybridized carbons (Fsp3) is 0.519. The van der Waals surface area contributed by atoms with Crippen LogP contribution in [0.2, 0.25) is 0 Å². The molecule has 3 heterocycles. The number of aromatic nitrogens is 1. The van der Waals surface area contributed by atoms with Crippen molar-refractivity contribution >= 4 is 33.1 Å². The Morgan fingerprint density at radius 2 is 1.91 bits per heavy atom. The zero-order chi connectivity index (χ0) is 24.4. The van der Waals surface area contributed by atoms with Crippen LogP contribution in [-0.4, -0.2) is 62.8 Å². The van der Waals surface area contributed by atoms with Crippen LogP contribution in [0.25, 0.3) is 11.6 Å². The molecule has 1 aromatic heterocycles. The van der Waals surface area contributed by atoms with E-state index in [1.54, 1.807) is 25.1 Å². The topological polar surface area (TPSA) is 91.5 Å². The summed E-state index contributed by atoms with van der Waals surface area (Å²) < 4.78 is 30.4. The lowest BCUT2D eigenvalue weighted by Crippen LogP contribution is -2.37. The molecule has 2 N–H and O–H groups in total. The van der Waals surface area contributed by atoms with Gasteiger partial charge in [0.15, 0.2) is 9.84 Å². The zero-order valence-electron chi connectivity index (χ0n) is 20.5. The third kappa shape index (κ3) is 5.10. The van der Waals surface area contributed by atoms with E-state index in [0.29, 0.717) is 16.8 Å². The lowest BCUT2D eigenvalue weighted by Gasteiger charge is -2.26. The summed E-state index contributed by atoms with van der Waals surface area (Å²) >= 11 is 0. The number of sulfone groups is 1. The van der Waals surface area contributed by atoms with E-state index in [-0.39, 0.29) is 16.6 Å². The maximum Gasteiger partial charge on any atom is 0.256 e. The Hall–Kier alpha value is -2.42. The Morgan fingerprint density at radius 3 is 2.71 bits per heavy atom. The number of hydrogen-bond acceptors (Lipinski definition) is 5. The predicted octanol–water partition coefficient (Wildman–Crippen LogP) is 3.83. The minimum Gasteiger partial charge on any atom is -0.379 e. The van der Waals surface area contributed by atoms with Crippen LogP contribution < -0.4 is 5.32 Å². The number of anilines is 1. The molecular formula is C27H35N3O4S. The molecule has 0 unspecified atom stereocenters. The standard InChI is InChI=1S/C27H35N3O4S/c1-2-35(32,33)19-10-11-25-22(17-19)23(27(31)29-25)18-26-21(8-6-12-30-13-15-34-16-14-30)20-7-4-3-5-9-24(20)28-26/h10-11,17-18,28H,2-9,12-16H2,1H3,(H,29,31). The zero-order valence-corrected chi connectivity index (χ0v) is 21.3. The molecule has 188 valence electrons. The number of amides is 1. The molecule has 1 amide bonds. The summed E-state index contributed by atoms with van der Waals surface area (Å²) in [6.07, 6.45) is 9.69. The average molecular weight is 498 g/mol. The molecule has 2 aliphatic heterocycles. The van der Waals surface area contributed by atoms with Gasteiger partial charge in [-0.1, -0.05) is 13.3 Å². The van der Waals surface area contributed by atoms with Crippen LogP contribution in [0.5, 0.6) is 0 Å². The summed E-state index contributed by atoms with van der Waals surface area (Å²) in [5, 5.41) is 2.91. The number of carbonyl (C=O) groups is 1. The van der Waals surface area contributed by atoms with E-state index in [1.165, 1.54) is 36.1 Å². The number of H-pyrrole nitrogens is 1. The monoisotopic (exact) mass is 497 g/mol. The molecule has 0 saturated carbocycles. The van der Waals surface area contributed by atoms with E-state index < -0.39 is 9.84 Å². The van der Waals surface area contributed by atoms with Gasteiger partial charge in [0.2, 0.25) is 0 Å². The highest BCUT2D eigenvalue weighted by Gasteiger charge is 2.28. The minimum atomic E-state index is -3.36. The number of ether oxygens (including phenoxy) is 1. The molecule has 8 heteroatoms. The summed E-state index contributed by atoms with van der Waals surface area (Å²) in [6, 6.07) is 4.92. The SMILES string of the molecule is CCS(=O)(=O)c1ccc2c(c1)C(=Cc1[nH]c3c(c1CCCN1CCOCC1)CCCCC3)C(=O)N2. The molecule has 5 rings (SSSR count). The fourth-order valence-corrected chi connectivity index (χ4v) is 6.39. The number of carbonyl (C=O) groups excluding carboxylic acids is 1. The van der Waals surface area contributed by atoms with Crippen LogP contribution >= 0.6 is 0 Å². The second kappa shape index (κ2) is 10.3. The van der Waals surface area contributed by atoms with E-state index in [4.69, 9.17) is 4.74 Å². The molecule has 1 aromatic carbocycles. The summed E-state index contributed by atoms with van der Waals surface area (Å²) in [6.45, 7) is 6.27. The third-order valence-electron chi connectivity index (χ3n) is 7.50. The maximum absolute atomic E-state index is 12.9. The molecule has 0 bridgehead atoms. The van der Waals surface area contributed by atoms with Crippen LogP contribution in [0, 0.1) is 0 Å². The number of aromatic amines is 1. The number of hydrogen-bond donors (Lipinski definition) is 2. The van der Waals surface area contributed by atoms with Crippen molar-refractivity contribution in [2.45, 2.75) is 56.8 Å². The lowest BCUT2D eigenvalue weighted by molar-refractivity contribution is -0.110. The molecular weight excluding hydrogens is 462 g/mol. The van der Waals surface area contributed by atoms with Crippen molar-refractivity contribution in [3.05, 3.63) is 46.3 Å². The van der Waals surface area contributed by atoms with Gasteiger partial charge in [0.05, 0.1) is 29.4 Å². The predicted molar refractivity (Wildman–Crippen MR) is 138 cm³/mol. The van der Waals surface area contributed by atoms with Gasteiger partial charge in [-0.3, -0.25) is 9.69 Å². The highest BCUT2D eigenvalue weighted by Crippen LogP contribution is 2.37. The summed E-state index contributed by atoms with van der Waals surface area (Å²) in [5.41, 5.74) is 6.90. The van der Waals surface area contributed by atoms with Crippen LogP contribution in [-0.2, 0) is 38.6 Å². The van der Waals surface area contributed by atoms with Gasteiger partial charge in [0.1, 0.15) is 0 Å². The molecule has 1 saturated heterocycles. The van der Waals surface area contributed by atoms with E-state index in [2.05, 4.69) is 15.2 Å². The molecule has 35 heavy (non-hydrogen) atoms. The average Bonchev–Trinajstić information content (AvgIpc) is 3.24. The van der Waals surface area contributed by atoms with Crippen molar-refractivity contribution in [1.82, 2.24) is 9.88 Å². The molecule has 2 aromatic rings. The smallest absolute Gasteiger partial charge is 0.256 e. The van der Waals surface area contributed by atoms with Crippen molar-refractivity contribution in [2.75, 3.05) is 43.9 Å². The second-order valence-corrected chi connectivity index (χ2v) is 12.0. The molecule has 0 spiro atoms. The quantitative estimate of drug-likeness (QED) is 0.448. The van der Waals surface area contributed by atoms with Crippen molar-refractivity contribution in [3.8, 4) is 0 Å². The lowest BCUT2D eigenvalue weighted by atomic mass is 9.98. The van der Waals surface area contributed by atoms with E-state index >= 15 is 0 Å². The van der Waals surface area contributed by atoms with E-state index in [9.17, 15) is 13.2 Å². The molecule has 7 nitrogen and oxygen atoms in total. The van der Waals surface area contributed by atoms with Gasteiger partial charge in [-0.2, -0.15) is 0 Å².